The molecule has 2 rings (SSSR count). The number of ether oxygens (including phenoxy) is 3. The van der Waals surface area contributed by atoms with Crippen LogP contribution in [-0.2, 0) is 0 Å². The number of hydrogen-bond donors (Lipinski definition) is 0. The van der Waals surface area contributed by atoms with Gasteiger partial charge in [0.15, 0.2) is 0 Å². The Morgan fingerprint density at radius 1 is 0.610 bits per heavy atom. The predicted octanol–water partition coefficient (Wildman–Crippen LogP) is 7.21. The van der Waals surface area contributed by atoms with E-state index in [9.17, 15) is 4.79 Å². The van der Waals surface area contributed by atoms with Crippen molar-refractivity contribution < 1.29 is 37.9 Å². The van der Waals surface area contributed by atoms with Crippen LogP contribution >= 0.6 is 8.58 Å². The van der Waals surface area contributed by atoms with Gasteiger partial charge in [-0.25, -0.2) is 0 Å². The molecule has 0 fully saturated rings. The molecule has 0 saturated carbocycles. The standard InChI is InChI=1S/C35H54O4P.Li/c1-8-11-14-17-20-37-30-24-31(38-21-18-15-12-9-2)34(32(25-30)39-22-19-16-13-10-3)40-35(36)33-27(5)23-26(4)28(6)29(33)7;/h23-25H,8-22H2,1-7H3;/q-1;+1. The molecule has 0 radical (unpaired) electrons. The van der Waals surface area contributed by atoms with Crippen LogP contribution in [0.25, 0.3) is 0 Å². The number of carbonyl (C=O) groups is 1. The maximum absolute atomic E-state index is 13.9. The number of aryl methyl sites for hydroxylation is 2. The molecule has 0 amide bonds. The molecule has 2 aromatic carbocycles. The van der Waals surface area contributed by atoms with Gasteiger partial charge in [-0.05, 0) is 74.8 Å². The van der Waals surface area contributed by atoms with E-state index in [1.165, 1.54) is 49.7 Å². The molecule has 0 aromatic heterocycles. The third-order valence-electron chi connectivity index (χ3n) is 7.57. The molecule has 0 unspecified atom stereocenters. The summed E-state index contributed by atoms with van der Waals surface area (Å²) in [6.45, 7) is 16.9. The summed E-state index contributed by atoms with van der Waals surface area (Å²) in [6, 6.07) is 6.06. The quantitative estimate of drug-likeness (QED) is 0.0895. The van der Waals surface area contributed by atoms with Gasteiger partial charge in [-0.1, -0.05) is 84.6 Å². The van der Waals surface area contributed by atoms with Gasteiger partial charge in [-0.15, -0.1) is 5.30 Å². The normalized spacial score (nSPS) is 11.1. The minimum atomic E-state index is 0. The second-order valence-corrected chi connectivity index (χ2v) is 12.1. The van der Waals surface area contributed by atoms with Crippen molar-refractivity contribution in [1.82, 2.24) is 0 Å². The molecule has 41 heavy (non-hydrogen) atoms. The van der Waals surface area contributed by atoms with E-state index in [1.54, 1.807) is 0 Å². The molecule has 0 aliphatic carbocycles. The molecule has 4 nitrogen and oxygen atoms in total. The molecule has 0 heterocycles. The summed E-state index contributed by atoms with van der Waals surface area (Å²) in [5.74, 6) is 2.18. The molecule has 0 spiro atoms. The summed E-state index contributed by atoms with van der Waals surface area (Å²) in [6.07, 6.45) is 13.6. The van der Waals surface area contributed by atoms with E-state index >= 15 is 0 Å². The van der Waals surface area contributed by atoms with Crippen molar-refractivity contribution in [3.8, 4) is 17.2 Å². The van der Waals surface area contributed by atoms with E-state index < -0.39 is 0 Å². The second-order valence-electron chi connectivity index (χ2n) is 11.0. The Morgan fingerprint density at radius 3 is 1.54 bits per heavy atom. The SMILES string of the molecule is CCCCCCOc1cc(OCCCCCC)c([P-]C(=O)c2c(C)cc(C)c(C)c2C)c(OCCCCCC)c1.[Li+]. The van der Waals surface area contributed by atoms with E-state index in [0.29, 0.717) is 39.9 Å². The van der Waals surface area contributed by atoms with Crippen LogP contribution < -0.4 is 38.4 Å². The first kappa shape index (κ1) is 37.6. The Bertz CT molecular complexity index is 1020. The molecule has 0 atom stereocenters. The van der Waals surface area contributed by atoms with Crippen LogP contribution in [0, 0.1) is 27.7 Å². The maximum atomic E-state index is 13.9. The minimum Gasteiger partial charge on any atom is -0.496 e. The Hall–Kier alpha value is -1.46. The first-order chi connectivity index (χ1) is 19.3. The van der Waals surface area contributed by atoms with Crippen LogP contribution in [0.2, 0.25) is 0 Å². The van der Waals surface area contributed by atoms with E-state index in [-0.39, 0.29) is 24.4 Å². The molecule has 0 aliphatic heterocycles. The summed E-state index contributed by atoms with van der Waals surface area (Å²) >= 11 is 0. The minimum absolute atomic E-state index is 0. The van der Waals surface area contributed by atoms with E-state index in [2.05, 4.69) is 47.6 Å². The molecule has 0 aliphatic rings. The predicted molar refractivity (Wildman–Crippen MR) is 172 cm³/mol. The third kappa shape index (κ3) is 12.7. The summed E-state index contributed by atoms with van der Waals surface area (Å²) in [5.41, 5.74) is 5.37. The smallest absolute Gasteiger partial charge is 0.496 e. The van der Waals surface area contributed by atoms with Crippen LogP contribution in [0.3, 0.4) is 0 Å². The van der Waals surface area contributed by atoms with Crippen molar-refractivity contribution in [3.63, 3.8) is 0 Å². The van der Waals surface area contributed by atoms with Crippen molar-refractivity contribution in [2.24, 2.45) is 0 Å². The van der Waals surface area contributed by atoms with E-state index in [0.717, 1.165) is 66.3 Å². The number of carbonyl (C=O) groups excluding carboxylic acids is 1. The Kier molecular flexibility index (Phi) is 19.5. The summed E-state index contributed by atoms with van der Waals surface area (Å²) in [7, 11) is 0.573. The van der Waals surface area contributed by atoms with Gasteiger partial charge in [0.2, 0.25) is 0 Å². The fourth-order valence-corrected chi connectivity index (χ4v) is 6.02. The Labute approximate surface area is 265 Å². The number of unbranched alkanes of at least 4 members (excludes halogenated alkanes) is 9. The van der Waals surface area contributed by atoms with Gasteiger partial charge in [0, 0.05) is 17.7 Å². The summed E-state index contributed by atoms with van der Waals surface area (Å²) < 4.78 is 18.9. The zero-order valence-corrected chi connectivity index (χ0v) is 28.3. The van der Waals surface area contributed by atoms with Crippen molar-refractivity contribution in [1.29, 1.82) is 0 Å². The van der Waals surface area contributed by atoms with Crippen LogP contribution in [0.4, 0.5) is 0 Å². The third-order valence-corrected chi connectivity index (χ3v) is 8.67. The van der Waals surface area contributed by atoms with Crippen LogP contribution in [0.1, 0.15) is 130 Å². The first-order valence-electron chi connectivity index (χ1n) is 15.7. The van der Waals surface area contributed by atoms with Gasteiger partial charge < -0.3 is 27.6 Å². The molecule has 0 saturated heterocycles. The van der Waals surface area contributed by atoms with E-state index in [1.807, 2.05) is 19.1 Å². The zero-order chi connectivity index (χ0) is 29.3. The Balaban J connectivity index is 0.00000840. The monoisotopic (exact) mass is 576 g/mol. The van der Waals surface area contributed by atoms with Crippen LogP contribution in [0.15, 0.2) is 18.2 Å². The van der Waals surface area contributed by atoms with Crippen molar-refractivity contribution in [3.05, 3.63) is 46.0 Å². The number of benzene rings is 2. The van der Waals surface area contributed by atoms with Crippen LogP contribution in [0.5, 0.6) is 17.2 Å². The molecular formula is C35H54LiO4P. The fourth-order valence-electron chi connectivity index (χ4n) is 4.88. The van der Waals surface area contributed by atoms with Gasteiger partial charge in [-0.2, -0.15) is 0 Å². The summed E-state index contributed by atoms with van der Waals surface area (Å²) in [5, 5.41) is 0.811. The molecule has 0 N–H and O–H groups in total. The largest absolute Gasteiger partial charge is 1.00 e. The van der Waals surface area contributed by atoms with Crippen LogP contribution in [-0.4, -0.2) is 25.3 Å². The average Bonchev–Trinajstić information content (AvgIpc) is 2.92. The van der Waals surface area contributed by atoms with Gasteiger partial charge in [0.1, 0.15) is 5.75 Å². The number of rotatable bonds is 21. The van der Waals surface area contributed by atoms with Gasteiger partial charge in [-0.3, -0.25) is 0 Å². The number of hydrogen-bond acceptors (Lipinski definition) is 4. The van der Waals surface area contributed by atoms with E-state index in [4.69, 9.17) is 14.2 Å². The van der Waals surface area contributed by atoms with Crippen molar-refractivity contribution >= 4 is 19.4 Å². The molecule has 6 heteroatoms. The Morgan fingerprint density at radius 2 is 1.07 bits per heavy atom. The average molecular weight is 577 g/mol. The first-order valence-corrected chi connectivity index (χ1v) is 16.6. The second kappa shape index (κ2) is 21.3. The van der Waals surface area contributed by atoms with Crippen molar-refractivity contribution in [2.45, 2.75) is 126 Å². The fraction of sp³-hybridized carbons (Fsp3) is 0.629. The topological polar surface area (TPSA) is 44.8 Å². The molecule has 2 aromatic rings. The van der Waals surface area contributed by atoms with Crippen molar-refractivity contribution in [2.75, 3.05) is 19.8 Å². The van der Waals surface area contributed by atoms with Gasteiger partial charge in [0.25, 0.3) is 0 Å². The van der Waals surface area contributed by atoms with Gasteiger partial charge in [0.05, 0.1) is 31.3 Å². The molecule has 224 valence electrons. The summed E-state index contributed by atoms with van der Waals surface area (Å²) in [4.78, 5) is 13.9. The molecule has 0 bridgehead atoms. The maximum Gasteiger partial charge on any atom is 1.00 e. The molecular weight excluding hydrogens is 522 g/mol. The van der Waals surface area contributed by atoms with Gasteiger partial charge >= 0.3 is 18.9 Å². The zero-order valence-electron chi connectivity index (χ0n) is 27.4.